The lowest BCUT2D eigenvalue weighted by Crippen LogP contribution is -2.41. The molecule has 0 bridgehead atoms. The lowest BCUT2D eigenvalue weighted by atomic mass is 10.2. The van der Waals surface area contributed by atoms with Crippen LogP contribution in [0.4, 0.5) is 18.9 Å². The maximum Gasteiger partial charge on any atom is 0.501 e. The number of imidazole rings is 1. The highest BCUT2D eigenvalue weighted by Gasteiger charge is 2.47. The Balaban J connectivity index is 1.76. The number of H-pyrrole nitrogens is 1. The number of sulfone groups is 1. The molecular weight excluding hydrogens is 505 g/mol. The summed E-state index contributed by atoms with van der Waals surface area (Å²) in [6.07, 6.45) is 0.317. The molecule has 0 spiro atoms. The number of morpholine rings is 1. The summed E-state index contributed by atoms with van der Waals surface area (Å²) in [6, 6.07) is 8.67. The van der Waals surface area contributed by atoms with Crippen molar-refractivity contribution in [2.24, 2.45) is 4.99 Å². The molecule has 3 aromatic rings. The molecule has 1 aliphatic rings. The van der Waals surface area contributed by atoms with Crippen LogP contribution in [0.1, 0.15) is 16.8 Å². The van der Waals surface area contributed by atoms with Crippen LogP contribution < -0.4 is 10.5 Å². The average molecular weight is 526 g/mol. The van der Waals surface area contributed by atoms with E-state index in [0.717, 1.165) is 18.2 Å². The number of nitrogens with one attached hydrogen (secondary N) is 1. The molecule has 0 aliphatic carbocycles. The SMILES string of the molecule is O=C(/N=c1\[nH]c2cc(N3CCOCC3=O)ccc2n1CCCO)c1cccc(S(=O)(=O)C(F)(F)F)c1. The minimum atomic E-state index is -5.64. The number of aryl methyl sites for hydroxylation is 1. The topological polar surface area (TPSA) is 134 Å². The molecule has 4 rings (SSSR count). The third kappa shape index (κ3) is 4.92. The first-order valence-electron chi connectivity index (χ1n) is 10.7. The number of hydrogen-bond donors (Lipinski definition) is 2. The second kappa shape index (κ2) is 9.87. The lowest BCUT2D eigenvalue weighted by molar-refractivity contribution is -0.125. The van der Waals surface area contributed by atoms with Crippen LogP contribution in [-0.2, 0) is 25.9 Å². The normalized spacial score (nSPS) is 15.6. The number of aliphatic hydroxyl groups excluding tert-OH is 1. The molecule has 1 aromatic heterocycles. The zero-order chi connectivity index (χ0) is 26.1. The van der Waals surface area contributed by atoms with Gasteiger partial charge in [-0.2, -0.15) is 18.2 Å². The molecular formula is C22H21F3N4O6S. The molecule has 2 aromatic carbocycles. The minimum absolute atomic E-state index is 0.0398. The zero-order valence-corrected chi connectivity index (χ0v) is 19.5. The fourth-order valence-electron chi connectivity index (χ4n) is 3.75. The van der Waals surface area contributed by atoms with Gasteiger partial charge in [-0.15, -0.1) is 0 Å². The van der Waals surface area contributed by atoms with Crippen molar-refractivity contribution >= 4 is 38.4 Å². The van der Waals surface area contributed by atoms with Crippen molar-refractivity contribution in [2.45, 2.75) is 23.4 Å². The Kier molecular flexibility index (Phi) is 7.02. The van der Waals surface area contributed by atoms with Gasteiger partial charge in [-0.1, -0.05) is 6.07 Å². The van der Waals surface area contributed by atoms with Gasteiger partial charge < -0.3 is 24.3 Å². The van der Waals surface area contributed by atoms with Crippen molar-refractivity contribution in [1.82, 2.24) is 9.55 Å². The molecule has 0 atom stereocenters. The smallest absolute Gasteiger partial charge is 0.396 e. The van der Waals surface area contributed by atoms with E-state index in [0.29, 0.717) is 42.4 Å². The molecule has 2 N–H and O–H groups in total. The fourth-order valence-corrected chi connectivity index (χ4v) is 4.56. The van der Waals surface area contributed by atoms with Gasteiger partial charge in [-0.05, 0) is 42.8 Å². The Labute approximate surface area is 202 Å². The van der Waals surface area contributed by atoms with Crippen molar-refractivity contribution < 1.29 is 41.0 Å². The molecule has 0 unspecified atom stereocenters. The summed E-state index contributed by atoms with van der Waals surface area (Å²) >= 11 is 0. The molecule has 1 fully saturated rings. The van der Waals surface area contributed by atoms with E-state index in [4.69, 9.17) is 4.74 Å². The van der Waals surface area contributed by atoms with Gasteiger partial charge in [0, 0.05) is 30.9 Å². The number of amides is 2. The summed E-state index contributed by atoms with van der Waals surface area (Å²) in [5, 5.41) is 9.28. The molecule has 0 saturated carbocycles. The summed E-state index contributed by atoms with van der Waals surface area (Å²) in [5.41, 5.74) is -4.12. The van der Waals surface area contributed by atoms with Crippen molar-refractivity contribution in [3.8, 4) is 0 Å². The monoisotopic (exact) mass is 526 g/mol. The quantitative estimate of drug-likeness (QED) is 0.503. The second-order valence-corrected chi connectivity index (χ2v) is 9.81. The van der Waals surface area contributed by atoms with E-state index in [1.165, 1.54) is 0 Å². The van der Waals surface area contributed by atoms with E-state index in [1.54, 1.807) is 27.7 Å². The number of aromatic amines is 1. The predicted molar refractivity (Wildman–Crippen MR) is 121 cm³/mol. The van der Waals surface area contributed by atoms with Gasteiger partial charge in [0.25, 0.3) is 21.7 Å². The van der Waals surface area contributed by atoms with Crippen LogP contribution in [-0.4, -0.2) is 66.8 Å². The van der Waals surface area contributed by atoms with Gasteiger partial charge in [0.1, 0.15) is 6.61 Å². The van der Waals surface area contributed by atoms with Crippen LogP contribution in [0, 0.1) is 0 Å². The van der Waals surface area contributed by atoms with Gasteiger partial charge in [0.05, 0.1) is 22.5 Å². The van der Waals surface area contributed by atoms with Gasteiger partial charge in [0.2, 0.25) is 5.62 Å². The van der Waals surface area contributed by atoms with Crippen LogP contribution in [0.2, 0.25) is 0 Å². The third-order valence-electron chi connectivity index (χ3n) is 5.51. The number of carbonyl (C=O) groups excluding carboxylic acids is 2. The molecule has 2 amide bonds. The molecule has 2 heterocycles. The summed E-state index contributed by atoms with van der Waals surface area (Å²) in [7, 11) is -5.64. The molecule has 192 valence electrons. The number of alkyl halides is 3. The van der Waals surface area contributed by atoms with Crippen molar-refractivity contribution in [1.29, 1.82) is 0 Å². The van der Waals surface area contributed by atoms with Crippen LogP contribution in [0.5, 0.6) is 0 Å². The maximum atomic E-state index is 12.9. The maximum absolute atomic E-state index is 12.9. The Morgan fingerprint density at radius 1 is 1.19 bits per heavy atom. The number of halogens is 3. The number of aromatic nitrogens is 2. The van der Waals surface area contributed by atoms with Gasteiger partial charge in [-0.3, -0.25) is 9.59 Å². The Morgan fingerprint density at radius 2 is 1.97 bits per heavy atom. The number of ether oxygens (including phenoxy) is 1. The number of carbonyl (C=O) groups is 2. The lowest BCUT2D eigenvalue weighted by Gasteiger charge is -2.26. The van der Waals surface area contributed by atoms with E-state index in [9.17, 15) is 36.3 Å². The van der Waals surface area contributed by atoms with Crippen molar-refractivity contribution in [3.05, 3.63) is 53.6 Å². The summed E-state index contributed by atoms with van der Waals surface area (Å²) in [6.45, 7) is 0.800. The van der Waals surface area contributed by atoms with Gasteiger partial charge in [0.15, 0.2) is 0 Å². The van der Waals surface area contributed by atoms with Gasteiger partial charge >= 0.3 is 5.51 Å². The molecule has 1 aliphatic heterocycles. The fraction of sp³-hybridized carbons (Fsp3) is 0.318. The molecule has 36 heavy (non-hydrogen) atoms. The Hall–Kier alpha value is -3.49. The van der Waals surface area contributed by atoms with E-state index in [-0.39, 0.29) is 36.8 Å². The average Bonchev–Trinajstić information content (AvgIpc) is 3.18. The molecule has 0 radical (unpaired) electrons. The number of anilines is 1. The first-order chi connectivity index (χ1) is 17.0. The number of aliphatic hydroxyl groups is 1. The van der Waals surface area contributed by atoms with E-state index >= 15 is 0 Å². The molecule has 1 saturated heterocycles. The number of rotatable bonds is 6. The van der Waals surface area contributed by atoms with Gasteiger partial charge in [-0.25, -0.2) is 8.42 Å². The van der Waals surface area contributed by atoms with Crippen LogP contribution in [0.3, 0.4) is 0 Å². The van der Waals surface area contributed by atoms with Crippen molar-refractivity contribution in [3.63, 3.8) is 0 Å². The van der Waals surface area contributed by atoms with E-state index in [1.807, 2.05) is 0 Å². The zero-order valence-electron chi connectivity index (χ0n) is 18.7. The van der Waals surface area contributed by atoms with Crippen LogP contribution in [0.25, 0.3) is 11.0 Å². The highest BCUT2D eigenvalue weighted by Crippen LogP contribution is 2.30. The van der Waals surface area contributed by atoms with E-state index in [2.05, 4.69) is 9.98 Å². The number of nitrogens with zero attached hydrogens (tertiary/aromatic N) is 3. The number of benzene rings is 2. The standard InChI is InChI=1S/C22H21F3N4O6S/c23-22(24,25)36(33,34)16-4-1-3-14(11-16)20(32)27-21-26-17-12-15(28-8-10-35-13-19(28)31)5-6-18(17)29(21)7-2-9-30/h1,3-6,11-12,30H,2,7-10,13H2,(H,26,27,32). The highest BCUT2D eigenvalue weighted by atomic mass is 32.2. The first kappa shape index (κ1) is 25.6. The van der Waals surface area contributed by atoms with E-state index < -0.39 is 26.1 Å². The first-order valence-corrected chi connectivity index (χ1v) is 12.2. The predicted octanol–water partition coefficient (Wildman–Crippen LogP) is 1.75. The third-order valence-corrected chi connectivity index (χ3v) is 7.00. The summed E-state index contributed by atoms with van der Waals surface area (Å²) < 4.78 is 69.0. The largest absolute Gasteiger partial charge is 0.501 e. The minimum Gasteiger partial charge on any atom is -0.396 e. The summed E-state index contributed by atoms with van der Waals surface area (Å²) in [4.78, 5) is 32.4. The Morgan fingerprint density at radius 3 is 2.67 bits per heavy atom. The summed E-state index contributed by atoms with van der Waals surface area (Å²) in [5.74, 6) is -1.18. The highest BCUT2D eigenvalue weighted by molar-refractivity contribution is 7.92. The Bertz CT molecular complexity index is 1490. The number of hydrogen-bond acceptors (Lipinski definition) is 6. The van der Waals surface area contributed by atoms with Crippen molar-refractivity contribution in [2.75, 3.05) is 31.3 Å². The molecule has 14 heteroatoms. The number of fused-ring (bicyclic) bond motifs is 1. The molecule has 10 nitrogen and oxygen atoms in total. The second-order valence-electron chi connectivity index (χ2n) is 7.87. The van der Waals surface area contributed by atoms with Crippen LogP contribution in [0.15, 0.2) is 52.4 Å². The van der Waals surface area contributed by atoms with Crippen LogP contribution >= 0.6 is 0 Å².